The molecule has 2 aliphatic heterocycles. The van der Waals surface area contributed by atoms with E-state index in [1.165, 1.54) is 19.3 Å². The maximum Gasteiger partial charge on any atom is 0.243 e. The Balaban J connectivity index is 0.00000288. The van der Waals surface area contributed by atoms with Gasteiger partial charge in [0.05, 0.1) is 0 Å². The summed E-state index contributed by atoms with van der Waals surface area (Å²) in [5.41, 5.74) is 0. The smallest absolute Gasteiger partial charge is 0.243 e. The van der Waals surface area contributed by atoms with Crippen molar-refractivity contribution in [2.24, 2.45) is 16.8 Å². The molecule has 0 spiro atoms. The summed E-state index contributed by atoms with van der Waals surface area (Å²) in [6, 6.07) is 0. The van der Waals surface area contributed by atoms with Crippen molar-refractivity contribution in [3.63, 3.8) is 0 Å². The SMILES string of the molecule is C=CCNC(=NCC(=O)N(C)C)N1CCC(C2CCOCC2)C1.I. The third kappa shape index (κ3) is 6.23. The Morgan fingerprint density at radius 1 is 1.33 bits per heavy atom. The minimum Gasteiger partial charge on any atom is -0.381 e. The number of hydrogen-bond acceptors (Lipinski definition) is 3. The predicted molar refractivity (Wildman–Crippen MR) is 108 cm³/mol. The monoisotopic (exact) mass is 450 g/mol. The topological polar surface area (TPSA) is 57.2 Å². The van der Waals surface area contributed by atoms with E-state index in [2.05, 4.69) is 21.8 Å². The summed E-state index contributed by atoms with van der Waals surface area (Å²) in [6.45, 7) is 8.40. The van der Waals surface area contributed by atoms with Crippen LogP contribution in [0.25, 0.3) is 0 Å². The molecule has 0 radical (unpaired) electrons. The Labute approximate surface area is 162 Å². The lowest BCUT2D eigenvalue weighted by Gasteiger charge is -2.28. The second-order valence-electron chi connectivity index (χ2n) is 6.54. The molecule has 1 atom stereocenters. The number of nitrogens with zero attached hydrogens (tertiary/aromatic N) is 3. The van der Waals surface area contributed by atoms with Gasteiger partial charge in [-0.1, -0.05) is 6.08 Å². The predicted octanol–water partition coefficient (Wildman–Crippen LogP) is 1.57. The highest BCUT2D eigenvalue weighted by Gasteiger charge is 2.31. The van der Waals surface area contributed by atoms with Crippen molar-refractivity contribution in [3.05, 3.63) is 12.7 Å². The van der Waals surface area contributed by atoms with Crippen molar-refractivity contribution in [1.82, 2.24) is 15.1 Å². The number of ether oxygens (including phenoxy) is 1. The van der Waals surface area contributed by atoms with E-state index in [1.807, 2.05) is 6.08 Å². The van der Waals surface area contributed by atoms with Crippen LogP contribution in [0.1, 0.15) is 19.3 Å². The number of halogens is 1. The van der Waals surface area contributed by atoms with Crippen molar-refractivity contribution in [2.45, 2.75) is 19.3 Å². The molecule has 1 N–H and O–H groups in total. The molecule has 0 bridgehead atoms. The van der Waals surface area contributed by atoms with E-state index < -0.39 is 0 Å². The number of amides is 1. The van der Waals surface area contributed by atoms with Crippen molar-refractivity contribution in [3.8, 4) is 0 Å². The van der Waals surface area contributed by atoms with Crippen molar-refractivity contribution in [2.75, 3.05) is 53.5 Å². The zero-order valence-electron chi connectivity index (χ0n) is 14.9. The molecule has 138 valence electrons. The van der Waals surface area contributed by atoms with Gasteiger partial charge in [-0.25, -0.2) is 4.99 Å². The average Bonchev–Trinajstić information content (AvgIpc) is 3.05. The van der Waals surface area contributed by atoms with E-state index in [0.29, 0.717) is 12.5 Å². The third-order valence-electron chi connectivity index (χ3n) is 4.72. The van der Waals surface area contributed by atoms with Gasteiger partial charge in [-0.3, -0.25) is 4.79 Å². The molecule has 24 heavy (non-hydrogen) atoms. The summed E-state index contributed by atoms with van der Waals surface area (Å²) in [4.78, 5) is 20.2. The highest BCUT2D eigenvalue weighted by atomic mass is 127. The molecule has 1 amide bonds. The van der Waals surface area contributed by atoms with Crippen LogP contribution < -0.4 is 5.32 Å². The van der Waals surface area contributed by atoms with E-state index in [4.69, 9.17) is 4.74 Å². The van der Waals surface area contributed by atoms with Crippen LogP contribution in [0.4, 0.5) is 0 Å². The number of rotatable bonds is 5. The molecule has 0 aromatic rings. The lowest BCUT2D eigenvalue weighted by atomic mass is 9.85. The van der Waals surface area contributed by atoms with E-state index >= 15 is 0 Å². The number of aliphatic imine (C=N–C) groups is 1. The Bertz CT molecular complexity index is 436. The molecule has 6 nitrogen and oxygen atoms in total. The van der Waals surface area contributed by atoms with Gasteiger partial charge >= 0.3 is 0 Å². The number of nitrogens with one attached hydrogen (secondary N) is 1. The maximum atomic E-state index is 11.8. The number of guanidine groups is 1. The highest BCUT2D eigenvalue weighted by Crippen LogP contribution is 2.31. The first-order valence-corrected chi connectivity index (χ1v) is 8.54. The van der Waals surface area contributed by atoms with Gasteiger partial charge in [-0.2, -0.15) is 0 Å². The van der Waals surface area contributed by atoms with E-state index in [1.54, 1.807) is 19.0 Å². The molecule has 0 saturated carbocycles. The van der Waals surface area contributed by atoms with Crippen LogP contribution in [0.5, 0.6) is 0 Å². The molecule has 2 aliphatic rings. The Kier molecular flexibility index (Phi) is 9.65. The summed E-state index contributed by atoms with van der Waals surface area (Å²) in [5, 5.41) is 3.29. The lowest BCUT2D eigenvalue weighted by molar-refractivity contribution is -0.127. The van der Waals surface area contributed by atoms with Gasteiger partial charge in [-0.05, 0) is 31.1 Å². The van der Waals surface area contributed by atoms with Crippen molar-refractivity contribution < 1.29 is 9.53 Å². The van der Waals surface area contributed by atoms with Crippen molar-refractivity contribution in [1.29, 1.82) is 0 Å². The molecule has 0 aromatic carbocycles. The fourth-order valence-electron chi connectivity index (χ4n) is 3.27. The molecule has 2 rings (SSSR count). The first-order chi connectivity index (χ1) is 11.1. The van der Waals surface area contributed by atoms with Crippen LogP contribution in [0.2, 0.25) is 0 Å². The van der Waals surface area contributed by atoms with Gasteiger partial charge in [0.25, 0.3) is 0 Å². The summed E-state index contributed by atoms with van der Waals surface area (Å²) in [7, 11) is 3.51. The molecular weight excluding hydrogens is 419 g/mol. The van der Waals surface area contributed by atoms with Gasteiger partial charge in [-0.15, -0.1) is 30.6 Å². The first-order valence-electron chi connectivity index (χ1n) is 8.54. The van der Waals surface area contributed by atoms with Gasteiger partial charge in [0.1, 0.15) is 6.54 Å². The standard InChI is InChI=1S/C17H30N4O2.HI/c1-4-8-18-17(19-12-16(22)20(2)3)21-9-5-15(13-21)14-6-10-23-11-7-14;/h4,14-15H,1,5-13H2,2-3H3,(H,18,19);1H. The highest BCUT2D eigenvalue weighted by molar-refractivity contribution is 14.0. The second-order valence-corrected chi connectivity index (χ2v) is 6.54. The van der Waals surface area contributed by atoms with Gasteiger partial charge in [0, 0.05) is 46.9 Å². The second kappa shape index (κ2) is 10.9. The largest absolute Gasteiger partial charge is 0.381 e. The van der Waals surface area contributed by atoms with Crippen LogP contribution >= 0.6 is 24.0 Å². The minimum atomic E-state index is 0. The third-order valence-corrected chi connectivity index (χ3v) is 4.72. The lowest BCUT2D eigenvalue weighted by Crippen LogP contribution is -2.41. The van der Waals surface area contributed by atoms with E-state index in [0.717, 1.165) is 38.2 Å². The first kappa shape index (κ1) is 21.2. The zero-order valence-corrected chi connectivity index (χ0v) is 17.2. The number of likely N-dealkylation sites (N-methyl/N-ethyl adjacent to an activating group) is 1. The Hall–Kier alpha value is -0.830. The molecule has 0 aromatic heterocycles. The Morgan fingerprint density at radius 3 is 2.67 bits per heavy atom. The van der Waals surface area contributed by atoms with Crippen LogP contribution in [0.3, 0.4) is 0 Å². The molecule has 0 aliphatic carbocycles. The molecule has 2 heterocycles. The van der Waals surface area contributed by atoms with Crippen molar-refractivity contribution >= 4 is 35.8 Å². The zero-order chi connectivity index (χ0) is 16.7. The average molecular weight is 450 g/mol. The number of carbonyl (C=O) groups is 1. The molecular formula is C17H31IN4O2. The van der Waals surface area contributed by atoms with Gasteiger partial charge in [0.2, 0.25) is 5.91 Å². The summed E-state index contributed by atoms with van der Waals surface area (Å²) in [6.07, 6.45) is 5.35. The Morgan fingerprint density at radius 2 is 2.04 bits per heavy atom. The summed E-state index contributed by atoms with van der Waals surface area (Å²) >= 11 is 0. The van der Waals surface area contributed by atoms with Gasteiger partial charge in [0.15, 0.2) is 5.96 Å². The van der Waals surface area contributed by atoms with Crippen LogP contribution in [0, 0.1) is 11.8 Å². The summed E-state index contributed by atoms with van der Waals surface area (Å²) in [5.74, 6) is 2.31. The normalized spacial score (nSPS) is 22.0. The molecule has 2 saturated heterocycles. The maximum absolute atomic E-state index is 11.8. The van der Waals surface area contributed by atoms with Gasteiger partial charge < -0.3 is 19.9 Å². The number of carbonyl (C=O) groups excluding carboxylic acids is 1. The molecule has 7 heteroatoms. The fraction of sp³-hybridized carbons (Fsp3) is 0.765. The van der Waals surface area contributed by atoms with E-state index in [-0.39, 0.29) is 36.4 Å². The fourth-order valence-corrected chi connectivity index (χ4v) is 3.27. The number of likely N-dealkylation sites (tertiary alicyclic amines) is 1. The van der Waals surface area contributed by atoms with Crippen LogP contribution in [-0.4, -0.2) is 75.2 Å². The van der Waals surface area contributed by atoms with Crippen LogP contribution in [0.15, 0.2) is 17.6 Å². The molecule has 1 unspecified atom stereocenters. The minimum absolute atomic E-state index is 0. The summed E-state index contributed by atoms with van der Waals surface area (Å²) < 4.78 is 5.47. The van der Waals surface area contributed by atoms with E-state index in [9.17, 15) is 4.79 Å². The number of hydrogen-bond donors (Lipinski definition) is 1. The molecule has 2 fully saturated rings. The van der Waals surface area contributed by atoms with Crippen LogP contribution in [-0.2, 0) is 9.53 Å². The quantitative estimate of drug-likeness (QED) is 0.299.